The van der Waals surface area contributed by atoms with Crippen LogP contribution in [0.4, 0.5) is 0 Å². The van der Waals surface area contributed by atoms with Crippen molar-refractivity contribution in [3.63, 3.8) is 0 Å². The summed E-state index contributed by atoms with van der Waals surface area (Å²) in [6.07, 6.45) is 30.2. The summed E-state index contributed by atoms with van der Waals surface area (Å²) in [6, 6.07) is 42.1. The van der Waals surface area contributed by atoms with Gasteiger partial charge in [-0.05, 0) is 57.9 Å². The number of allylic oxidation sites excluding steroid dienone is 14. The van der Waals surface area contributed by atoms with Crippen LogP contribution >= 0.6 is 0 Å². The first kappa shape index (κ1) is 34.7. The molecule has 1 heterocycles. The van der Waals surface area contributed by atoms with Crippen LogP contribution in [0.1, 0.15) is 37.0 Å². The largest absolute Gasteiger partial charge is 0.294 e. The highest BCUT2D eigenvalue weighted by Crippen LogP contribution is 2.58. The van der Waals surface area contributed by atoms with Crippen molar-refractivity contribution in [2.75, 3.05) is 5.43 Å². The van der Waals surface area contributed by atoms with Crippen LogP contribution in [0.3, 0.4) is 0 Å². The van der Waals surface area contributed by atoms with Gasteiger partial charge < -0.3 is 0 Å². The number of aromatic nitrogens is 1. The maximum atomic E-state index is 4.01. The molecule has 0 bridgehead atoms. The van der Waals surface area contributed by atoms with E-state index in [-0.39, 0.29) is 5.92 Å². The van der Waals surface area contributed by atoms with E-state index in [2.05, 4.69) is 193 Å². The van der Waals surface area contributed by atoms with Crippen LogP contribution in [-0.2, 0) is 11.8 Å². The summed E-state index contributed by atoms with van der Waals surface area (Å²) in [5.74, 6) is 0.153. The van der Waals surface area contributed by atoms with Crippen molar-refractivity contribution in [1.82, 2.24) is 4.68 Å². The molecule has 3 aliphatic rings. The molecule has 1 aromatic heterocycles. The number of para-hydroxylation sites is 1. The highest BCUT2D eigenvalue weighted by molar-refractivity contribution is 6.12. The molecular formula is C52H46N2. The monoisotopic (exact) mass is 698 g/mol. The fraction of sp³-hybridized carbons (Fsp3) is 0.115. The van der Waals surface area contributed by atoms with Gasteiger partial charge >= 0.3 is 0 Å². The van der Waals surface area contributed by atoms with Crippen LogP contribution in [0.15, 0.2) is 212 Å². The van der Waals surface area contributed by atoms with Crippen LogP contribution < -0.4 is 5.43 Å². The maximum Gasteiger partial charge on any atom is 0.0760 e. The van der Waals surface area contributed by atoms with Crippen molar-refractivity contribution >= 4 is 21.8 Å². The molecule has 1 unspecified atom stereocenters. The molecule has 264 valence electrons. The van der Waals surface area contributed by atoms with Gasteiger partial charge in [0, 0.05) is 22.3 Å². The normalized spacial score (nSPS) is 17.4. The average Bonchev–Trinajstić information content (AvgIpc) is 4.04. The van der Waals surface area contributed by atoms with E-state index >= 15 is 0 Å². The van der Waals surface area contributed by atoms with Gasteiger partial charge in [0.2, 0.25) is 0 Å². The molecule has 6 aromatic rings. The Labute approximate surface area is 319 Å². The summed E-state index contributed by atoms with van der Waals surface area (Å²) in [6.45, 7) is 7.82. The van der Waals surface area contributed by atoms with Gasteiger partial charge in [0.25, 0.3) is 0 Å². The van der Waals surface area contributed by atoms with E-state index in [1.54, 1.807) is 6.08 Å². The van der Waals surface area contributed by atoms with Crippen molar-refractivity contribution in [3.05, 3.63) is 229 Å². The van der Waals surface area contributed by atoms with Crippen molar-refractivity contribution in [2.24, 2.45) is 5.92 Å². The molecule has 0 aliphatic heterocycles. The minimum Gasteiger partial charge on any atom is -0.294 e. The van der Waals surface area contributed by atoms with E-state index in [4.69, 9.17) is 0 Å². The quantitative estimate of drug-likeness (QED) is 0.141. The second-order valence-corrected chi connectivity index (χ2v) is 13.7. The van der Waals surface area contributed by atoms with E-state index in [1.165, 1.54) is 72.0 Å². The van der Waals surface area contributed by atoms with E-state index in [9.17, 15) is 0 Å². The Morgan fingerprint density at radius 1 is 0.685 bits per heavy atom. The number of fused-ring (bicyclic) bond motifs is 7. The zero-order chi connectivity index (χ0) is 36.9. The molecule has 54 heavy (non-hydrogen) atoms. The predicted octanol–water partition coefficient (Wildman–Crippen LogP) is 13.4. The van der Waals surface area contributed by atoms with Gasteiger partial charge in [-0.3, -0.25) is 10.1 Å². The molecule has 1 atom stereocenters. The molecule has 2 nitrogen and oxygen atoms in total. The van der Waals surface area contributed by atoms with E-state index in [0.717, 1.165) is 12.8 Å². The van der Waals surface area contributed by atoms with Gasteiger partial charge in [-0.1, -0.05) is 209 Å². The Bertz CT molecular complexity index is 2530. The minimum absolute atomic E-state index is 0.153. The first-order valence-corrected chi connectivity index (χ1v) is 19.2. The Kier molecular flexibility index (Phi) is 9.83. The van der Waals surface area contributed by atoms with Gasteiger partial charge in [-0.25, -0.2) is 0 Å². The molecule has 0 spiro atoms. The predicted molar refractivity (Wildman–Crippen MR) is 232 cm³/mol. The molecule has 0 saturated carbocycles. The Morgan fingerprint density at radius 3 is 2.20 bits per heavy atom. The molecule has 3 aliphatic carbocycles. The summed E-state index contributed by atoms with van der Waals surface area (Å²) < 4.78 is 2.38. The molecule has 5 aromatic carbocycles. The second kappa shape index (κ2) is 15.3. The third kappa shape index (κ3) is 6.04. The summed E-state index contributed by atoms with van der Waals surface area (Å²) in [5.41, 5.74) is 17.5. The van der Waals surface area contributed by atoms with Gasteiger partial charge in [0.1, 0.15) is 0 Å². The van der Waals surface area contributed by atoms with E-state index in [1.807, 2.05) is 26.0 Å². The smallest absolute Gasteiger partial charge is 0.0760 e. The topological polar surface area (TPSA) is 17.0 Å². The standard InChI is InChI=1S/C50H40N2.C2H6/c1-2-3-4-5-6-16-34-50(40-21-10-11-22-40)45-25-14-12-23-41(45)43-32-33-44-42-24-13-15-27-47(42)52(49(44)48(43)50)51-46-26-17-20-39(46)35-36-28-30-38(31-29-36)37-18-8-7-9-19-37;1-2/h2-16,18-34,40,51H,1,17,35H2;1-2H3/b4-3-,6-5-,34-16?;. The fourth-order valence-corrected chi connectivity index (χ4v) is 8.51. The van der Waals surface area contributed by atoms with E-state index in [0.29, 0.717) is 0 Å². The second-order valence-electron chi connectivity index (χ2n) is 13.7. The lowest BCUT2D eigenvalue weighted by Gasteiger charge is -2.34. The summed E-state index contributed by atoms with van der Waals surface area (Å²) in [7, 11) is 0. The van der Waals surface area contributed by atoms with Crippen molar-refractivity contribution < 1.29 is 0 Å². The number of hydrogen-bond acceptors (Lipinski definition) is 1. The van der Waals surface area contributed by atoms with Gasteiger partial charge in [0.05, 0.1) is 22.1 Å². The van der Waals surface area contributed by atoms with E-state index < -0.39 is 5.41 Å². The zero-order valence-corrected chi connectivity index (χ0v) is 31.1. The molecule has 1 N–H and O–H groups in total. The highest BCUT2D eigenvalue weighted by atomic mass is 15.4. The summed E-state index contributed by atoms with van der Waals surface area (Å²) >= 11 is 0. The van der Waals surface area contributed by atoms with Gasteiger partial charge in [-0.15, -0.1) is 0 Å². The number of nitrogens with one attached hydrogen (secondary N) is 1. The number of rotatable bonds is 10. The highest BCUT2D eigenvalue weighted by Gasteiger charge is 2.47. The molecular weight excluding hydrogens is 653 g/mol. The first-order chi connectivity index (χ1) is 26.8. The number of hydrogen-bond donors (Lipinski definition) is 1. The molecule has 9 rings (SSSR count). The third-order valence-corrected chi connectivity index (χ3v) is 10.8. The summed E-state index contributed by atoms with van der Waals surface area (Å²) in [5, 5.41) is 2.50. The molecule has 2 heteroatoms. The fourth-order valence-electron chi connectivity index (χ4n) is 8.51. The van der Waals surface area contributed by atoms with Crippen LogP contribution in [0.2, 0.25) is 0 Å². The molecule has 0 radical (unpaired) electrons. The SMILES string of the molecule is C=C/C=C\C=C/C=CC1(C2C=CC=C2)c2ccccc2-c2ccc3c4ccccc4n(NC4=CCC=C4Cc4ccc(-c5ccccc5)cc4)c3c21.CC. The van der Waals surface area contributed by atoms with Crippen molar-refractivity contribution in [2.45, 2.75) is 32.1 Å². The van der Waals surface area contributed by atoms with Crippen LogP contribution in [0.25, 0.3) is 44.1 Å². The lowest BCUT2D eigenvalue weighted by Crippen LogP contribution is -2.31. The van der Waals surface area contributed by atoms with Crippen LogP contribution in [0.5, 0.6) is 0 Å². The van der Waals surface area contributed by atoms with Crippen molar-refractivity contribution in [1.29, 1.82) is 0 Å². The van der Waals surface area contributed by atoms with Gasteiger partial charge in [-0.2, -0.15) is 0 Å². The molecule has 0 fully saturated rings. The molecule has 0 amide bonds. The number of benzene rings is 5. The third-order valence-electron chi connectivity index (χ3n) is 10.8. The number of nitrogens with zero attached hydrogens (tertiary/aromatic N) is 1. The van der Waals surface area contributed by atoms with Crippen molar-refractivity contribution in [3.8, 4) is 22.3 Å². The van der Waals surface area contributed by atoms with Gasteiger partial charge in [0.15, 0.2) is 0 Å². The lowest BCUT2D eigenvalue weighted by atomic mass is 9.68. The Morgan fingerprint density at radius 2 is 1.39 bits per heavy atom. The molecule has 0 saturated heterocycles. The lowest BCUT2D eigenvalue weighted by molar-refractivity contribution is 0.564. The minimum atomic E-state index is -0.418. The van der Waals surface area contributed by atoms with Crippen LogP contribution in [0, 0.1) is 5.92 Å². The summed E-state index contributed by atoms with van der Waals surface area (Å²) in [4.78, 5) is 0. The Hall–Kier alpha value is -6.38. The maximum absolute atomic E-state index is 4.01. The average molecular weight is 699 g/mol. The first-order valence-electron chi connectivity index (χ1n) is 19.2. The zero-order valence-electron chi connectivity index (χ0n) is 31.1. The Balaban J connectivity index is 0.00000203. The van der Waals surface area contributed by atoms with Crippen LogP contribution in [-0.4, -0.2) is 4.68 Å².